The number of carbonyl (C=O) groups excluding carboxylic acids is 1. The Kier molecular flexibility index (Phi) is 5.22. The zero-order valence-corrected chi connectivity index (χ0v) is 14.6. The lowest BCUT2D eigenvalue weighted by Gasteiger charge is -2.05. The van der Waals surface area contributed by atoms with E-state index in [4.69, 9.17) is 25.8 Å². The SMILES string of the molecule is O=C(COc1cccc(Cl)c1)N/N=C\c1cc2c(cc1Br)OCO2. The number of ether oxygens (including phenoxy) is 3. The Hall–Kier alpha value is -2.25. The highest BCUT2D eigenvalue weighted by Gasteiger charge is 2.15. The number of nitrogens with zero attached hydrogens (tertiary/aromatic N) is 1. The van der Waals surface area contributed by atoms with Gasteiger partial charge in [0.2, 0.25) is 6.79 Å². The monoisotopic (exact) mass is 410 g/mol. The summed E-state index contributed by atoms with van der Waals surface area (Å²) in [4.78, 5) is 11.7. The molecule has 1 aliphatic heterocycles. The molecule has 8 heteroatoms. The second-order valence-electron chi connectivity index (χ2n) is 4.77. The van der Waals surface area contributed by atoms with E-state index < -0.39 is 0 Å². The molecule has 0 unspecified atom stereocenters. The second kappa shape index (κ2) is 7.55. The zero-order valence-electron chi connectivity index (χ0n) is 12.3. The second-order valence-corrected chi connectivity index (χ2v) is 6.06. The fourth-order valence-electron chi connectivity index (χ4n) is 1.94. The first-order chi connectivity index (χ1) is 11.6. The van der Waals surface area contributed by atoms with Crippen molar-refractivity contribution in [3.05, 3.63) is 51.5 Å². The first kappa shape index (κ1) is 16.6. The molecule has 2 aromatic carbocycles. The molecule has 0 fully saturated rings. The van der Waals surface area contributed by atoms with Crippen molar-refractivity contribution in [2.45, 2.75) is 0 Å². The average molecular weight is 412 g/mol. The fourth-order valence-corrected chi connectivity index (χ4v) is 2.55. The topological polar surface area (TPSA) is 69.2 Å². The van der Waals surface area contributed by atoms with E-state index in [1.807, 2.05) is 0 Å². The highest BCUT2D eigenvalue weighted by atomic mass is 79.9. The highest BCUT2D eigenvalue weighted by Crippen LogP contribution is 2.36. The van der Waals surface area contributed by atoms with Crippen LogP contribution in [0.25, 0.3) is 0 Å². The van der Waals surface area contributed by atoms with Crippen LogP contribution in [0.15, 0.2) is 46.0 Å². The van der Waals surface area contributed by atoms with Crippen LogP contribution in [-0.4, -0.2) is 25.5 Å². The molecule has 0 aliphatic carbocycles. The molecule has 1 amide bonds. The largest absolute Gasteiger partial charge is 0.484 e. The van der Waals surface area contributed by atoms with Gasteiger partial charge in [0, 0.05) is 15.1 Å². The molecule has 0 radical (unpaired) electrons. The lowest BCUT2D eigenvalue weighted by atomic mass is 10.2. The first-order valence-corrected chi connectivity index (χ1v) is 8.08. The molecule has 0 spiro atoms. The summed E-state index contributed by atoms with van der Waals surface area (Å²) < 4.78 is 16.7. The summed E-state index contributed by atoms with van der Waals surface area (Å²) in [5, 5.41) is 4.44. The van der Waals surface area contributed by atoms with Gasteiger partial charge in [-0.15, -0.1) is 0 Å². The molecular weight excluding hydrogens is 400 g/mol. The van der Waals surface area contributed by atoms with E-state index in [2.05, 4.69) is 26.5 Å². The van der Waals surface area contributed by atoms with Crippen LogP contribution in [0.3, 0.4) is 0 Å². The van der Waals surface area contributed by atoms with Crippen LogP contribution in [-0.2, 0) is 4.79 Å². The minimum Gasteiger partial charge on any atom is -0.484 e. The maximum Gasteiger partial charge on any atom is 0.277 e. The van der Waals surface area contributed by atoms with Gasteiger partial charge in [-0.05, 0) is 46.3 Å². The number of nitrogens with one attached hydrogen (secondary N) is 1. The number of benzene rings is 2. The van der Waals surface area contributed by atoms with Crippen LogP contribution >= 0.6 is 27.5 Å². The van der Waals surface area contributed by atoms with Gasteiger partial charge in [-0.1, -0.05) is 17.7 Å². The van der Waals surface area contributed by atoms with E-state index in [1.54, 1.807) is 36.4 Å². The molecule has 3 rings (SSSR count). The summed E-state index contributed by atoms with van der Waals surface area (Å²) in [6.45, 7) is 0.0277. The van der Waals surface area contributed by atoms with Gasteiger partial charge in [0.25, 0.3) is 5.91 Å². The standard InChI is InChI=1S/C16H12BrClN2O4/c17-13-6-15-14(23-9-24-15)4-10(13)7-19-20-16(21)8-22-12-3-1-2-11(18)5-12/h1-7H,8-9H2,(H,20,21)/b19-7-. The molecule has 0 saturated carbocycles. The Labute approximate surface area is 151 Å². The van der Waals surface area contributed by atoms with Crippen LogP contribution in [0.2, 0.25) is 5.02 Å². The van der Waals surface area contributed by atoms with Crippen LogP contribution in [0, 0.1) is 0 Å². The summed E-state index contributed by atoms with van der Waals surface area (Å²) in [7, 11) is 0. The summed E-state index contributed by atoms with van der Waals surface area (Å²) >= 11 is 9.25. The lowest BCUT2D eigenvalue weighted by Crippen LogP contribution is -2.24. The van der Waals surface area contributed by atoms with E-state index in [0.29, 0.717) is 22.3 Å². The Morgan fingerprint density at radius 3 is 2.92 bits per heavy atom. The smallest absolute Gasteiger partial charge is 0.277 e. The average Bonchev–Trinajstić information content (AvgIpc) is 3.00. The van der Waals surface area contributed by atoms with Gasteiger partial charge < -0.3 is 14.2 Å². The zero-order chi connectivity index (χ0) is 16.9. The van der Waals surface area contributed by atoms with Gasteiger partial charge in [-0.3, -0.25) is 4.79 Å². The minimum absolute atomic E-state index is 0.167. The van der Waals surface area contributed by atoms with Crippen LogP contribution in [0.5, 0.6) is 17.2 Å². The Morgan fingerprint density at radius 1 is 1.33 bits per heavy atom. The van der Waals surface area contributed by atoms with Gasteiger partial charge in [-0.2, -0.15) is 5.10 Å². The van der Waals surface area contributed by atoms with Crippen molar-refractivity contribution in [1.82, 2.24) is 5.43 Å². The molecule has 2 aromatic rings. The van der Waals surface area contributed by atoms with Gasteiger partial charge in [0.1, 0.15) is 5.75 Å². The van der Waals surface area contributed by atoms with Crippen molar-refractivity contribution in [3.63, 3.8) is 0 Å². The van der Waals surface area contributed by atoms with Gasteiger partial charge in [0.15, 0.2) is 18.1 Å². The predicted octanol–water partition coefficient (Wildman–Crippen LogP) is 3.36. The molecular formula is C16H12BrClN2O4. The third kappa shape index (κ3) is 4.18. The van der Waals surface area contributed by atoms with E-state index in [0.717, 1.165) is 10.0 Å². The van der Waals surface area contributed by atoms with Crippen LogP contribution in [0.1, 0.15) is 5.56 Å². The van der Waals surface area contributed by atoms with Gasteiger partial charge in [0.05, 0.1) is 6.21 Å². The molecule has 0 bridgehead atoms. The Bertz CT molecular complexity index is 798. The van der Waals surface area contributed by atoms with E-state index in [9.17, 15) is 4.79 Å². The third-order valence-electron chi connectivity index (χ3n) is 3.05. The Balaban J connectivity index is 1.53. The number of hydrogen-bond donors (Lipinski definition) is 1. The maximum absolute atomic E-state index is 11.7. The number of carbonyl (C=O) groups is 1. The van der Waals surface area contributed by atoms with E-state index in [1.165, 1.54) is 6.21 Å². The maximum atomic E-state index is 11.7. The predicted molar refractivity (Wildman–Crippen MR) is 92.9 cm³/mol. The molecule has 0 saturated heterocycles. The highest BCUT2D eigenvalue weighted by molar-refractivity contribution is 9.10. The molecule has 0 aromatic heterocycles. The van der Waals surface area contributed by atoms with Crippen molar-refractivity contribution in [3.8, 4) is 17.2 Å². The number of rotatable bonds is 5. The molecule has 24 heavy (non-hydrogen) atoms. The number of hydrogen-bond acceptors (Lipinski definition) is 5. The van der Waals surface area contributed by atoms with Crippen molar-refractivity contribution >= 4 is 39.7 Å². The molecule has 1 aliphatic rings. The van der Waals surface area contributed by atoms with E-state index in [-0.39, 0.29) is 19.3 Å². The van der Waals surface area contributed by atoms with Crippen LogP contribution in [0.4, 0.5) is 0 Å². The van der Waals surface area contributed by atoms with Gasteiger partial charge >= 0.3 is 0 Å². The lowest BCUT2D eigenvalue weighted by molar-refractivity contribution is -0.123. The van der Waals surface area contributed by atoms with E-state index >= 15 is 0 Å². The van der Waals surface area contributed by atoms with Crippen molar-refractivity contribution in [2.75, 3.05) is 13.4 Å². The molecule has 1 heterocycles. The Morgan fingerprint density at radius 2 is 2.12 bits per heavy atom. The first-order valence-electron chi connectivity index (χ1n) is 6.91. The molecule has 0 atom stereocenters. The summed E-state index contributed by atoms with van der Waals surface area (Å²) in [6.07, 6.45) is 1.50. The normalized spacial score (nSPS) is 12.4. The molecule has 1 N–H and O–H groups in total. The number of fused-ring (bicyclic) bond motifs is 1. The quantitative estimate of drug-likeness (QED) is 0.605. The number of hydrazone groups is 1. The van der Waals surface area contributed by atoms with Crippen molar-refractivity contribution in [2.24, 2.45) is 5.10 Å². The van der Waals surface area contributed by atoms with Crippen molar-refractivity contribution < 1.29 is 19.0 Å². The van der Waals surface area contributed by atoms with Crippen LogP contribution < -0.4 is 19.6 Å². The number of amides is 1. The number of halogens is 2. The summed E-state index contributed by atoms with van der Waals surface area (Å²) in [5.41, 5.74) is 3.14. The fraction of sp³-hybridized carbons (Fsp3) is 0.125. The summed E-state index contributed by atoms with van der Waals surface area (Å²) in [5.74, 6) is 1.43. The summed E-state index contributed by atoms with van der Waals surface area (Å²) in [6, 6.07) is 10.4. The van der Waals surface area contributed by atoms with Gasteiger partial charge in [-0.25, -0.2) is 5.43 Å². The minimum atomic E-state index is -0.386. The third-order valence-corrected chi connectivity index (χ3v) is 3.97. The van der Waals surface area contributed by atoms with Crippen molar-refractivity contribution in [1.29, 1.82) is 0 Å². The molecule has 124 valence electrons. The molecule has 6 nitrogen and oxygen atoms in total.